The number of hydrogen-bond acceptors (Lipinski definition) is 3. The number of ether oxygens (including phenoxy) is 1. The first-order chi connectivity index (χ1) is 6.39. The summed E-state index contributed by atoms with van der Waals surface area (Å²) in [6.45, 7) is 5.86. The molecule has 1 fully saturated rings. The first-order valence-corrected chi connectivity index (χ1v) is 4.78. The predicted molar refractivity (Wildman–Crippen MR) is 51.9 cm³/mol. The molecule has 0 aromatic heterocycles. The Kier molecular flexibility index (Phi) is 2.83. The van der Waals surface area contributed by atoms with Crippen LogP contribution in [0.4, 0.5) is 4.79 Å². The number of carbonyl (C=O) groups is 2. The molecule has 0 aliphatic heterocycles. The fourth-order valence-electron chi connectivity index (χ4n) is 1.77. The summed E-state index contributed by atoms with van der Waals surface area (Å²) in [4.78, 5) is 22.8. The molecule has 0 aromatic rings. The van der Waals surface area contributed by atoms with Crippen LogP contribution in [-0.4, -0.2) is 25.0 Å². The summed E-state index contributed by atoms with van der Waals surface area (Å²) < 4.78 is 4.46. The highest BCUT2D eigenvalue weighted by atomic mass is 16.5. The second kappa shape index (κ2) is 3.59. The van der Waals surface area contributed by atoms with Crippen molar-refractivity contribution in [2.45, 2.75) is 33.2 Å². The largest absolute Gasteiger partial charge is 0.453 e. The van der Waals surface area contributed by atoms with Gasteiger partial charge in [0.25, 0.3) is 0 Å². The zero-order chi connectivity index (χ0) is 10.9. The van der Waals surface area contributed by atoms with Crippen LogP contribution in [0.15, 0.2) is 0 Å². The zero-order valence-corrected chi connectivity index (χ0v) is 9.09. The van der Waals surface area contributed by atoms with Crippen LogP contribution < -0.4 is 5.32 Å². The number of methoxy groups -OCH3 is 1. The Bertz CT molecular complexity index is 260. The van der Waals surface area contributed by atoms with E-state index in [2.05, 4.69) is 10.1 Å². The van der Waals surface area contributed by atoms with E-state index in [4.69, 9.17) is 0 Å². The molecule has 0 heterocycles. The van der Waals surface area contributed by atoms with Crippen LogP contribution in [0.5, 0.6) is 0 Å². The van der Waals surface area contributed by atoms with Crippen molar-refractivity contribution in [3.8, 4) is 0 Å². The predicted octanol–water partition coefficient (Wildman–Crippen LogP) is 1.35. The highest BCUT2D eigenvalue weighted by Gasteiger charge is 2.46. The minimum atomic E-state index is -0.534. The summed E-state index contributed by atoms with van der Waals surface area (Å²) in [5.74, 6) is 0.382. The molecule has 0 saturated heterocycles. The highest BCUT2D eigenvalue weighted by molar-refractivity contribution is 5.93. The van der Waals surface area contributed by atoms with E-state index in [1.807, 2.05) is 20.8 Å². The third-order valence-corrected chi connectivity index (χ3v) is 3.25. The first-order valence-electron chi connectivity index (χ1n) is 4.78. The molecule has 2 atom stereocenters. The summed E-state index contributed by atoms with van der Waals surface area (Å²) in [6.07, 6.45) is 0.161. The van der Waals surface area contributed by atoms with E-state index < -0.39 is 6.09 Å². The summed E-state index contributed by atoms with van der Waals surface area (Å²) in [7, 11) is 1.29. The van der Waals surface area contributed by atoms with Gasteiger partial charge in [0.1, 0.15) is 0 Å². The summed E-state index contributed by atoms with van der Waals surface area (Å²) in [5, 5.41) is 2.55. The Morgan fingerprint density at radius 1 is 1.57 bits per heavy atom. The van der Waals surface area contributed by atoms with Crippen LogP contribution in [0, 0.1) is 11.3 Å². The average molecular weight is 199 g/mol. The molecule has 1 unspecified atom stereocenters. The molecule has 0 spiro atoms. The van der Waals surface area contributed by atoms with E-state index in [0.717, 1.165) is 0 Å². The third-order valence-electron chi connectivity index (χ3n) is 3.25. The third kappa shape index (κ3) is 1.74. The normalized spacial score (nSPS) is 30.1. The van der Waals surface area contributed by atoms with E-state index in [1.165, 1.54) is 7.11 Å². The monoisotopic (exact) mass is 199 g/mol. The van der Waals surface area contributed by atoms with E-state index in [0.29, 0.717) is 6.42 Å². The molecule has 4 heteroatoms. The maximum Gasteiger partial charge on any atom is 0.407 e. The second-order valence-corrected chi connectivity index (χ2v) is 4.41. The maximum atomic E-state index is 11.8. The molecule has 0 aromatic carbocycles. The van der Waals surface area contributed by atoms with Crippen LogP contribution in [0.2, 0.25) is 0 Å². The van der Waals surface area contributed by atoms with E-state index >= 15 is 0 Å². The molecule has 1 rings (SSSR count). The maximum absolute atomic E-state index is 11.8. The van der Waals surface area contributed by atoms with Gasteiger partial charge in [-0.1, -0.05) is 20.8 Å². The molecule has 80 valence electrons. The molecule has 4 nitrogen and oxygen atoms in total. The van der Waals surface area contributed by atoms with E-state index in [1.54, 1.807) is 0 Å². The minimum Gasteiger partial charge on any atom is -0.453 e. The number of Topliss-reactive ketones (excluding diaryl/α,β-unsaturated/α-hetero) is 1. The molecule has 1 aliphatic rings. The van der Waals surface area contributed by atoms with Crippen molar-refractivity contribution in [3.05, 3.63) is 0 Å². The summed E-state index contributed by atoms with van der Waals surface area (Å²) in [5.41, 5.74) is -0.342. The van der Waals surface area contributed by atoms with Crippen molar-refractivity contribution < 1.29 is 14.3 Å². The SMILES string of the molecule is COC(=O)N[C@H]1CC(C)C(C)(C)C1=O. The van der Waals surface area contributed by atoms with Crippen molar-refractivity contribution >= 4 is 11.9 Å². The lowest BCUT2D eigenvalue weighted by molar-refractivity contribution is -0.126. The molecular weight excluding hydrogens is 182 g/mol. The lowest BCUT2D eigenvalue weighted by atomic mass is 9.82. The molecule has 1 saturated carbocycles. The smallest absolute Gasteiger partial charge is 0.407 e. The van der Waals surface area contributed by atoms with Gasteiger partial charge in [0.2, 0.25) is 0 Å². The molecule has 0 bridgehead atoms. The van der Waals surface area contributed by atoms with Crippen molar-refractivity contribution in [2.75, 3.05) is 7.11 Å². The standard InChI is InChI=1S/C10H17NO3/c1-6-5-7(11-9(13)14-4)8(12)10(6,2)3/h6-7H,5H2,1-4H3,(H,11,13)/t6?,7-/m0/s1. The van der Waals surface area contributed by atoms with Crippen LogP contribution in [0.25, 0.3) is 0 Å². The minimum absolute atomic E-state index is 0.0930. The summed E-state index contributed by atoms with van der Waals surface area (Å²) in [6, 6.07) is -0.382. The highest BCUT2D eigenvalue weighted by Crippen LogP contribution is 2.39. The number of ketones is 1. The van der Waals surface area contributed by atoms with Crippen LogP contribution in [-0.2, 0) is 9.53 Å². The number of amides is 1. The number of nitrogens with one attached hydrogen (secondary N) is 1. The Balaban J connectivity index is 2.68. The Hall–Kier alpha value is -1.06. The van der Waals surface area contributed by atoms with Crippen LogP contribution in [0.1, 0.15) is 27.2 Å². The van der Waals surface area contributed by atoms with Gasteiger partial charge in [0.05, 0.1) is 13.2 Å². The fourth-order valence-corrected chi connectivity index (χ4v) is 1.77. The van der Waals surface area contributed by atoms with Gasteiger partial charge in [0, 0.05) is 5.41 Å². The molecule has 1 N–H and O–H groups in total. The Morgan fingerprint density at radius 3 is 2.50 bits per heavy atom. The van der Waals surface area contributed by atoms with E-state index in [9.17, 15) is 9.59 Å². The average Bonchev–Trinajstić information content (AvgIpc) is 2.30. The van der Waals surface area contributed by atoms with Gasteiger partial charge in [-0.3, -0.25) is 4.79 Å². The van der Waals surface area contributed by atoms with Crippen LogP contribution in [0.3, 0.4) is 0 Å². The van der Waals surface area contributed by atoms with Gasteiger partial charge in [-0.25, -0.2) is 4.79 Å². The quantitative estimate of drug-likeness (QED) is 0.693. The van der Waals surface area contributed by atoms with E-state index in [-0.39, 0.29) is 23.2 Å². The van der Waals surface area contributed by atoms with Gasteiger partial charge in [0.15, 0.2) is 5.78 Å². The van der Waals surface area contributed by atoms with Gasteiger partial charge in [-0.2, -0.15) is 0 Å². The van der Waals surface area contributed by atoms with Crippen molar-refractivity contribution in [3.63, 3.8) is 0 Å². The number of rotatable bonds is 1. The number of carbonyl (C=O) groups excluding carboxylic acids is 2. The number of hydrogen-bond donors (Lipinski definition) is 1. The topological polar surface area (TPSA) is 55.4 Å². The molecule has 14 heavy (non-hydrogen) atoms. The zero-order valence-electron chi connectivity index (χ0n) is 9.09. The summed E-state index contributed by atoms with van der Waals surface area (Å²) >= 11 is 0. The van der Waals surface area contributed by atoms with Crippen molar-refractivity contribution in [1.82, 2.24) is 5.32 Å². The van der Waals surface area contributed by atoms with Gasteiger partial charge in [-0.05, 0) is 12.3 Å². The lowest BCUT2D eigenvalue weighted by Crippen LogP contribution is -2.40. The van der Waals surface area contributed by atoms with Crippen molar-refractivity contribution in [2.24, 2.45) is 11.3 Å². The van der Waals surface area contributed by atoms with Gasteiger partial charge in [-0.15, -0.1) is 0 Å². The second-order valence-electron chi connectivity index (χ2n) is 4.41. The Morgan fingerprint density at radius 2 is 2.14 bits per heavy atom. The molecule has 1 amide bonds. The van der Waals surface area contributed by atoms with Gasteiger partial charge >= 0.3 is 6.09 Å². The molecule has 1 aliphatic carbocycles. The lowest BCUT2D eigenvalue weighted by Gasteiger charge is -2.20. The van der Waals surface area contributed by atoms with Gasteiger partial charge < -0.3 is 10.1 Å². The molecule has 0 radical (unpaired) electrons. The number of alkyl carbamates (subject to hydrolysis) is 1. The first kappa shape index (κ1) is 11.0. The Labute approximate surface area is 84.0 Å². The fraction of sp³-hybridized carbons (Fsp3) is 0.800. The molecular formula is C10H17NO3. The van der Waals surface area contributed by atoms with Crippen molar-refractivity contribution in [1.29, 1.82) is 0 Å². The van der Waals surface area contributed by atoms with Crippen LogP contribution >= 0.6 is 0 Å².